The number of aryl methyl sites for hydroxylation is 4. The van der Waals surface area contributed by atoms with Gasteiger partial charge in [0.2, 0.25) is 35.4 Å². The van der Waals surface area contributed by atoms with Crippen LogP contribution in [0.15, 0.2) is 148 Å². The predicted molar refractivity (Wildman–Crippen MR) is 398 cm³/mol. The zero-order valence-electron chi connectivity index (χ0n) is 60.1. The third-order valence-corrected chi connectivity index (χ3v) is 20.5. The van der Waals surface area contributed by atoms with E-state index in [9.17, 15) is 69.0 Å². The monoisotopic (exact) mass is 1530 g/mol. The summed E-state index contributed by atoms with van der Waals surface area (Å²) in [4.78, 5) is 102. The zero-order chi connectivity index (χ0) is 78.1. The van der Waals surface area contributed by atoms with Crippen LogP contribution in [-0.4, -0.2) is 187 Å². The van der Waals surface area contributed by atoms with Gasteiger partial charge >= 0.3 is 0 Å². The first-order chi connectivity index (χ1) is 50.1. The molecule has 16 N–H and O–H groups in total. The minimum absolute atomic E-state index is 0.0153. The van der Waals surface area contributed by atoms with E-state index in [2.05, 4.69) is 33.5 Å². The number of phenols is 1. The normalized spacial score (nSPS) is 20.9. The van der Waals surface area contributed by atoms with E-state index < -0.39 is 126 Å². The molecular weight excluding hydrogens is 1430 g/mol. The number of unbranched alkanes of at least 4 members (excludes halogenated alkanes) is 5. The average Bonchev–Trinajstić information content (AvgIpc) is 1.67. The number of hydrogen-bond donors (Lipinski definition) is 13. The van der Waals surface area contributed by atoms with Gasteiger partial charge in [0, 0.05) is 37.3 Å². The highest BCUT2D eigenvalue weighted by molar-refractivity contribution is 7.86. The highest BCUT2D eigenvalue weighted by Gasteiger charge is 2.45. The molecule has 6 aromatic rings. The topological polar surface area (TPSA) is 477 Å². The van der Waals surface area contributed by atoms with Crippen molar-refractivity contribution < 1.29 is 87.4 Å². The molecule has 578 valence electrons. The lowest BCUT2D eigenvalue weighted by Crippen LogP contribution is -2.61. The van der Waals surface area contributed by atoms with E-state index >= 15 is 0 Å². The lowest BCUT2D eigenvalue weighted by molar-refractivity contribution is -0.144. The Morgan fingerprint density at radius 3 is 1.59 bits per heavy atom. The van der Waals surface area contributed by atoms with Crippen LogP contribution in [-0.2, 0) is 65.5 Å². The number of rotatable bonds is 20. The number of amides is 7. The van der Waals surface area contributed by atoms with E-state index in [4.69, 9.17) is 35.6 Å². The van der Waals surface area contributed by atoms with Crippen molar-refractivity contribution in [2.75, 3.05) is 32.8 Å². The van der Waals surface area contributed by atoms with Crippen LogP contribution in [0.2, 0.25) is 0 Å². The molecule has 32 heteroatoms. The Morgan fingerprint density at radius 2 is 1.08 bits per heavy atom. The van der Waals surface area contributed by atoms with E-state index in [1.54, 1.807) is 66.7 Å². The second-order valence-corrected chi connectivity index (χ2v) is 30.9. The minimum atomic E-state index is -4.02. The van der Waals surface area contributed by atoms with Gasteiger partial charge in [0.15, 0.2) is 0 Å². The molecule has 3 saturated heterocycles. The lowest BCUT2D eigenvalue weighted by atomic mass is 10.0. The van der Waals surface area contributed by atoms with Gasteiger partial charge in [0.05, 0.1) is 27.4 Å². The van der Waals surface area contributed by atoms with Crippen molar-refractivity contribution in [1.29, 1.82) is 0 Å². The molecule has 9 atom stereocenters. The van der Waals surface area contributed by atoms with Gasteiger partial charge in [-0.15, -0.1) is 0 Å². The fraction of sp³-hybridized carbons (Fsp3) is 0.446. The highest BCUT2D eigenvalue weighted by Crippen LogP contribution is 2.26. The largest absolute Gasteiger partial charge is 0.508 e. The Morgan fingerprint density at radius 1 is 0.585 bits per heavy atom. The maximum atomic E-state index is 14.5. The first-order valence-electron chi connectivity index (χ1n) is 35.1. The number of ether oxygens (including phenoxy) is 1. The molecule has 0 spiro atoms. The number of aliphatic hydroxyl groups is 1. The number of nitrogens with two attached hydrogens (primary N) is 3. The summed E-state index contributed by atoms with van der Waals surface area (Å²) in [6.45, 7) is 9.74. The van der Waals surface area contributed by atoms with Gasteiger partial charge in [-0.1, -0.05) is 116 Å². The van der Waals surface area contributed by atoms with Gasteiger partial charge < -0.3 is 68.5 Å². The Hall–Kier alpha value is -8.96. The van der Waals surface area contributed by atoms with Gasteiger partial charge in [-0.3, -0.25) is 47.2 Å². The summed E-state index contributed by atoms with van der Waals surface area (Å²) in [5.74, 6) is -3.98. The summed E-state index contributed by atoms with van der Waals surface area (Å²) in [6.07, 6.45) is 6.35. The molecule has 0 aromatic heterocycles. The number of aromatic hydroxyl groups is 1. The average molecular weight is 1530 g/mol. The quantitative estimate of drug-likeness (QED) is 0.0350. The molecule has 3 aliphatic rings. The van der Waals surface area contributed by atoms with Crippen LogP contribution in [0, 0.1) is 20.8 Å². The van der Waals surface area contributed by atoms with E-state index in [1.807, 2.05) is 39.0 Å². The Bertz CT molecular complexity index is 4110. The molecule has 0 saturated carbocycles. The number of carbonyl (C=O) groups is 7. The van der Waals surface area contributed by atoms with E-state index in [0.717, 1.165) is 45.9 Å². The lowest BCUT2D eigenvalue weighted by Gasteiger charge is -2.32. The maximum absolute atomic E-state index is 14.5. The summed E-state index contributed by atoms with van der Waals surface area (Å²) >= 11 is 0. The molecule has 0 aliphatic carbocycles. The van der Waals surface area contributed by atoms with Crippen molar-refractivity contribution >= 4 is 82.5 Å². The van der Waals surface area contributed by atoms with Crippen molar-refractivity contribution in [3.05, 3.63) is 161 Å². The summed E-state index contributed by atoms with van der Waals surface area (Å²) < 4.78 is 94.7. The standard InChI is InChI=1S/C53H76N10O10.3C7H8O3S/c1-3-4-5-6-7-8-25-73-40-21-18-34-26-36(17-16-35(34)27-40)47(66)58-41-12-10-24-57-50(69)44-28-37(55)30-62(44)52(71)43(11-9-23-54)60-48(67)42(22-15-33-13-19-39(65)20-14-33)59-51(70)45-29-38(56)31-63(45)53(72)46(32(2)64)61-49(41)68;3*1-6-2-4-7(5-3-6)11(8,9)10/h13-14,16-21,26-27,32,37-38,41-46,64-65H,3-12,15,22-25,28-31,54-56H2,1-2H3,(H,57,69)(H,58,66)(H,59,70)(H,60,67)(H,61,68);3*2-5H,1H3,(H,8,9,10)/t32-,37+,38+,41+,42+,43+,44+,45+,46+;;;/m1.../s1. The molecule has 3 fully saturated rings. The third kappa shape index (κ3) is 27.1. The molecule has 0 unspecified atom stereocenters. The first-order valence-corrected chi connectivity index (χ1v) is 39.5. The number of nitrogens with zero attached hydrogens (tertiary/aromatic N) is 2. The first kappa shape index (κ1) is 86.0. The van der Waals surface area contributed by atoms with Crippen molar-refractivity contribution in [1.82, 2.24) is 36.4 Å². The Balaban J connectivity index is 0.000000430. The van der Waals surface area contributed by atoms with E-state index in [0.29, 0.717) is 18.8 Å². The molecule has 9 rings (SSSR count). The Labute approximate surface area is 619 Å². The molecule has 0 radical (unpaired) electrons. The number of phenolic OH excluding ortho intramolecular Hbond substituents is 1. The summed E-state index contributed by atoms with van der Waals surface area (Å²) in [7, 11) is -12.1. The third-order valence-electron chi connectivity index (χ3n) is 17.9. The number of carbonyl (C=O) groups excluding carboxylic acids is 7. The number of aliphatic hydroxyl groups excluding tert-OH is 1. The van der Waals surface area contributed by atoms with Crippen LogP contribution in [0.5, 0.6) is 11.5 Å². The minimum Gasteiger partial charge on any atom is -0.508 e. The molecule has 3 heterocycles. The fourth-order valence-electron chi connectivity index (χ4n) is 11.9. The smallest absolute Gasteiger partial charge is 0.294 e. The SMILES string of the molecule is CCCCCCCCOc1ccc2cc(C(=O)N[C@H]3CCCNC(=O)[C@@H]4C[C@H](N)CN4C(=O)[C@H](CCCN)NC(=O)[C@H](CCc4ccc(O)cc4)NC(=O)[C@@H]4C[C@H](N)CN4C(=O)[C@H]([C@@H](C)O)NC3=O)ccc2c1.Cc1ccc(S(=O)(=O)O)cc1.Cc1ccc(S(=O)(=O)O)cc1.Cc1ccc(S(=O)(=O)O)cc1. The van der Waals surface area contributed by atoms with Gasteiger partial charge in [0.1, 0.15) is 47.8 Å². The van der Waals surface area contributed by atoms with Crippen LogP contribution >= 0.6 is 0 Å². The molecule has 0 bridgehead atoms. The summed E-state index contributed by atoms with van der Waals surface area (Å²) in [6, 6.07) is 26.2. The van der Waals surface area contributed by atoms with Crippen molar-refractivity contribution in [3.8, 4) is 11.5 Å². The van der Waals surface area contributed by atoms with E-state index in [1.165, 1.54) is 90.9 Å². The van der Waals surface area contributed by atoms with Crippen LogP contribution in [0.4, 0.5) is 0 Å². The van der Waals surface area contributed by atoms with Crippen molar-refractivity contribution in [2.45, 2.75) is 194 Å². The van der Waals surface area contributed by atoms with Gasteiger partial charge in [-0.25, -0.2) is 0 Å². The molecule has 6 aromatic carbocycles. The molecule has 3 aliphatic heterocycles. The summed E-state index contributed by atoms with van der Waals surface area (Å²) in [5.41, 5.74) is 22.4. The second kappa shape index (κ2) is 40.7. The van der Waals surface area contributed by atoms with Crippen molar-refractivity contribution in [2.24, 2.45) is 17.2 Å². The zero-order valence-corrected chi connectivity index (χ0v) is 62.6. The van der Waals surface area contributed by atoms with Gasteiger partial charge in [-0.2, -0.15) is 25.3 Å². The van der Waals surface area contributed by atoms with Crippen LogP contribution in [0.1, 0.15) is 130 Å². The molecule has 106 heavy (non-hydrogen) atoms. The second-order valence-electron chi connectivity index (χ2n) is 26.7. The van der Waals surface area contributed by atoms with Gasteiger partial charge in [0.25, 0.3) is 36.3 Å². The number of nitrogens with one attached hydrogen (secondary N) is 5. The number of benzene rings is 6. The van der Waals surface area contributed by atoms with E-state index in [-0.39, 0.29) is 97.1 Å². The van der Waals surface area contributed by atoms with Crippen LogP contribution < -0.4 is 48.5 Å². The summed E-state index contributed by atoms with van der Waals surface area (Å²) in [5, 5.41) is 36.4. The number of fused-ring (bicyclic) bond motifs is 3. The molecule has 7 amide bonds. The van der Waals surface area contributed by atoms with Crippen molar-refractivity contribution in [3.63, 3.8) is 0 Å². The maximum Gasteiger partial charge on any atom is 0.294 e. The Kier molecular flexibility index (Phi) is 33.0. The van der Waals surface area contributed by atoms with Crippen LogP contribution in [0.3, 0.4) is 0 Å². The fourth-order valence-corrected chi connectivity index (χ4v) is 13.3. The van der Waals surface area contributed by atoms with Crippen LogP contribution in [0.25, 0.3) is 10.8 Å². The highest BCUT2D eigenvalue weighted by atomic mass is 32.2. The number of hydrogen-bond acceptors (Lipinski definition) is 19. The molecule has 29 nitrogen and oxygen atoms in total. The molecular formula is C74H100N10O19S3. The predicted octanol–water partition coefficient (Wildman–Crippen LogP) is 5.08. The van der Waals surface area contributed by atoms with Gasteiger partial charge in [-0.05, 0) is 181 Å².